The van der Waals surface area contributed by atoms with Crippen LogP contribution >= 0.6 is 27.7 Å². The maximum atomic E-state index is 14.5. The second-order valence-corrected chi connectivity index (χ2v) is 14.0. The van der Waals surface area contributed by atoms with Crippen molar-refractivity contribution >= 4 is 45.5 Å². The van der Waals surface area contributed by atoms with Crippen molar-refractivity contribution in [1.82, 2.24) is 9.80 Å². The van der Waals surface area contributed by atoms with Crippen LogP contribution in [0.3, 0.4) is 0 Å². The predicted molar refractivity (Wildman–Crippen MR) is 156 cm³/mol. The number of rotatable bonds is 15. The van der Waals surface area contributed by atoms with Crippen molar-refractivity contribution < 1.29 is 24.2 Å². The van der Waals surface area contributed by atoms with Gasteiger partial charge >= 0.3 is 5.97 Å². The lowest BCUT2D eigenvalue weighted by Crippen LogP contribution is -2.59. The highest BCUT2D eigenvalue weighted by Crippen LogP contribution is 2.68. The number of aliphatic hydroxyl groups is 1. The van der Waals surface area contributed by atoms with Gasteiger partial charge in [-0.3, -0.25) is 14.4 Å². The smallest absolute Gasteiger partial charge is 0.310 e. The third-order valence-corrected chi connectivity index (χ3v) is 11.7. The van der Waals surface area contributed by atoms with Gasteiger partial charge in [0.2, 0.25) is 11.8 Å². The molecular formula is C29H45BrN2O5S. The van der Waals surface area contributed by atoms with Gasteiger partial charge in [0.1, 0.15) is 6.04 Å². The molecule has 0 radical (unpaired) electrons. The molecule has 0 saturated carbocycles. The fourth-order valence-corrected chi connectivity index (χ4v) is 10.2. The Labute approximate surface area is 240 Å². The monoisotopic (exact) mass is 612 g/mol. The van der Waals surface area contributed by atoms with E-state index in [0.717, 1.165) is 32.1 Å². The number of carbonyl (C=O) groups excluding carboxylic acids is 3. The minimum absolute atomic E-state index is 0.0161. The van der Waals surface area contributed by atoms with E-state index >= 15 is 0 Å². The number of halogens is 1. The molecule has 0 aromatic rings. The predicted octanol–water partition coefficient (Wildman–Crippen LogP) is 4.57. The van der Waals surface area contributed by atoms with E-state index in [4.69, 9.17) is 4.74 Å². The fourth-order valence-electron chi connectivity index (χ4n) is 6.61. The van der Waals surface area contributed by atoms with Gasteiger partial charge in [-0.2, -0.15) is 0 Å². The molecule has 2 amide bonds. The number of unbranched alkanes of at least 4 members (excludes halogenated alkanes) is 2. The molecule has 3 aliphatic rings. The van der Waals surface area contributed by atoms with Crippen molar-refractivity contribution in [3.63, 3.8) is 0 Å². The Hall–Kier alpha value is -1.32. The van der Waals surface area contributed by atoms with Gasteiger partial charge in [0.15, 0.2) is 0 Å². The van der Waals surface area contributed by atoms with Crippen LogP contribution in [0.5, 0.6) is 0 Å². The molecule has 8 atom stereocenters. The van der Waals surface area contributed by atoms with Gasteiger partial charge in [0.05, 0.1) is 35.8 Å². The summed E-state index contributed by atoms with van der Waals surface area (Å²) in [6, 6.07) is -1.31. The van der Waals surface area contributed by atoms with Crippen LogP contribution in [0.2, 0.25) is 0 Å². The first-order chi connectivity index (χ1) is 18.1. The van der Waals surface area contributed by atoms with Crippen LogP contribution in [0.15, 0.2) is 25.3 Å². The van der Waals surface area contributed by atoms with E-state index in [1.807, 2.05) is 31.7 Å². The highest BCUT2D eigenvalue weighted by molar-refractivity contribution is 9.09. The van der Waals surface area contributed by atoms with E-state index in [-0.39, 0.29) is 46.4 Å². The van der Waals surface area contributed by atoms with E-state index in [0.29, 0.717) is 19.6 Å². The van der Waals surface area contributed by atoms with Gasteiger partial charge in [-0.05, 0) is 44.9 Å². The number of hydrogen-bond donors (Lipinski definition) is 1. The zero-order valence-corrected chi connectivity index (χ0v) is 25.7. The molecule has 1 spiro atoms. The Morgan fingerprint density at radius 1 is 1.29 bits per heavy atom. The van der Waals surface area contributed by atoms with Gasteiger partial charge in [-0.15, -0.1) is 24.9 Å². The Bertz CT molecular complexity index is 900. The average Bonchev–Trinajstić information content (AvgIpc) is 3.46. The molecule has 2 bridgehead atoms. The van der Waals surface area contributed by atoms with E-state index in [9.17, 15) is 19.5 Å². The second kappa shape index (κ2) is 13.4. The summed E-state index contributed by atoms with van der Waals surface area (Å²) in [5, 5.41) is 10.3. The van der Waals surface area contributed by atoms with Crippen LogP contribution in [0.1, 0.15) is 66.2 Å². The number of allylic oxidation sites excluding steroid dienone is 1. The molecule has 3 heterocycles. The van der Waals surface area contributed by atoms with Crippen molar-refractivity contribution in [2.75, 3.05) is 19.8 Å². The molecular weight excluding hydrogens is 568 g/mol. The zero-order chi connectivity index (χ0) is 28.2. The SMILES string of the molecule is C=CCCCCOC(=O)[C@H]1[C@@H]2SC3(CC2Br)C(C(=O)N(CC=C)C(C)CCC)N([C@@H](CO)C(C)C)C(=O)[C@H]13. The highest BCUT2D eigenvalue weighted by atomic mass is 79.9. The third kappa shape index (κ3) is 5.62. The molecule has 3 rings (SSSR count). The number of likely N-dealkylation sites (tertiary alicyclic amines) is 1. The Balaban J connectivity index is 2.02. The second-order valence-electron chi connectivity index (χ2n) is 11.3. The lowest BCUT2D eigenvalue weighted by Gasteiger charge is -2.42. The first-order valence-corrected chi connectivity index (χ1v) is 15.8. The number of hydrogen-bond acceptors (Lipinski definition) is 6. The van der Waals surface area contributed by atoms with Crippen molar-refractivity contribution in [2.45, 2.75) is 99.2 Å². The molecule has 7 nitrogen and oxygen atoms in total. The fraction of sp³-hybridized carbons (Fsp3) is 0.759. The number of amides is 2. The standard InChI is InChI=1S/C29H45BrN2O5S/c1-7-10-11-12-15-37-28(36)22-23-26(34)32(21(17-33)18(4)5)25(29(23)16-20(30)24(22)38-29)27(35)31(14-9-3)19(6)13-8-2/h7,9,18-25,33H,1,3,8,10-17H2,2,4-6H3/t19?,20?,21-,22+,23-,24+,25?,29?/m0/s1. The molecule has 38 heavy (non-hydrogen) atoms. The molecule has 4 unspecified atom stereocenters. The Morgan fingerprint density at radius 3 is 2.58 bits per heavy atom. The largest absolute Gasteiger partial charge is 0.465 e. The summed E-state index contributed by atoms with van der Waals surface area (Å²) in [5.74, 6) is -2.02. The van der Waals surface area contributed by atoms with Gasteiger partial charge in [-0.1, -0.05) is 55.3 Å². The summed E-state index contributed by atoms with van der Waals surface area (Å²) in [4.78, 5) is 45.7. The third-order valence-electron chi connectivity index (χ3n) is 8.44. The number of alkyl halides is 1. The van der Waals surface area contributed by atoms with Gasteiger partial charge < -0.3 is 19.6 Å². The van der Waals surface area contributed by atoms with Gasteiger partial charge in [0.25, 0.3) is 0 Å². The number of nitrogens with zero attached hydrogens (tertiary/aromatic N) is 2. The van der Waals surface area contributed by atoms with E-state index in [1.54, 1.807) is 22.7 Å². The molecule has 3 aliphatic heterocycles. The summed E-state index contributed by atoms with van der Waals surface area (Å²) in [6.07, 6.45) is 8.43. The van der Waals surface area contributed by atoms with Gasteiger partial charge in [0, 0.05) is 22.7 Å². The Kier molecular flexibility index (Phi) is 11.0. The average molecular weight is 614 g/mol. The topological polar surface area (TPSA) is 87.2 Å². The van der Waals surface area contributed by atoms with Crippen molar-refractivity contribution in [1.29, 1.82) is 0 Å². The normalized spacial score (nSPS) is 31.3. The molecule has 3 fully saturated rings. The first kappa shape index (κ1) is 31.2. The summed E-state index contributed by atoms with van der Waals surface area (Å²) < 4.78 is 4.96. The quantitative estimate of drug-likeness (QED) is 0.126. The molecule has 0 aliphatic carbocycles. The molecule has 9 heteroatoms. The summed E-state index contributed by atoms with van der Waals surface area (Å²) in [6.45, 7) is 16.1. The highest BCUT2D eigenvalue weighted by Gasteiger charge is 2.76. The van der Waals surface area contributed by atoms with Crippen LogP contribution in [0.25, 0.3) is 0 Å². The van der Waals surface area contributed by atoms with Crippen LogP contribution in [0, 0.1) is 17.8 Å². The lowest BCUT2D eigenvalue weighted by atomic mass is 9.71. The van der Waals surface area contributed by atoms with E-state index in [1.165, 1.54) is 0 Å². The maximum absolute atomic E-state index is 14.5. The minimum Gasteiger partial charge on any atom is -0.465 e. The number of aliphatic hydroxyl groups excluding tert-OH is 1. The first-order valence-electron chi connectivity index (χ1n) is 14.0. The van der Waals surface area contributed by atoms with Crippen LogP contribution in [-0.2, 0) is 19.1 Å². The number of carbonyl (C=O) groups is 3. The van der Waals surface area contributed by atoms with Gasteiger partial charge in [-0.25, -0.2) is 0 Å². The lowest BCUT2D eigenvalue weighted by molar-refractivity contribution is -0.155. The maximum Gasteiger partial charge on any atom is 0.310 e. The molecule has 0 aromatic carbocycles. The van der Waals surface area contributed by atoms with E-state index in [2.05, 4.69) is 36.0 Å². The number of thioether (sulfide) groups is 1. The number of ether oxygens (including phenoxy) is 1. The van der Waals surface area contributed by atoms with Crippen LogP contribution in [-0.4, -0.2) is 85.4 Å². The summed E-state index contributed by atoms with van der Waals surface area (Å²) in [7, 11) is 0. The molecule has 3 saturated heterocycles. The molecule has 214 valence electrons. The summed E-state index contributed by atoms with van der Waals surface area (Å²) >= 11 is 5.41. The van der Waals surface area contributed by atoms with Crippen molar-refractivity contribution in [3.8, 4) is 0 Å². The molecule has 0 aromatic heterocycles. The summed E-state index contributed by atoms with van der Waals surface area (Å²) in [5.41, 5.74) is 0. The van der Waals surface area contributed by atoms with Crippen molar-refractivity contribution in [2.24, 2.45) is 17.8 Å². The van der Waals surface area contributed by atoms with Crippen LogP contribution < -0.4 is 0 Å². The van der Waals surface area contributed by atoms with Crippen LogP contribution in [0.4, 0.5) is 0 Å². The Morgan fingerprint density at radius 2 is 2.00 bits per heavy atom. The number of fused-ring (bicyclic) bond motifs is 1. The van der Waals surface area contributed by atoms with Crippen molar-refractivity contribution in [3.05, 3.63) is 25.3 Å². The minimum atomic E-state index is -0.765. The number of esters is 1. The molecule has 1 N–H and O–H groups in total. The van der Waals surface area contributed by atoms with E-state index < -0.39 is 28.7 Å². The zero-order valence-electron chi connectivity index (χ0n) is 23.3.